The van der Waals surface area contributed by atoms with Crippen LogP contribution in [0.5, 0.6) is 0 Å². The molecule has 0 radical (unpaired) electrons. The summed E-state index contributed by atoms with van der Waals surface area (Å²) >= 11 is 0. The number of hydroxylamine groups is 1. The van der Waals surface area contributed by atoms with Gasteiger partial charge in [-0.25, -0.2) is 5.48 Å². The lowest BCUT2D eigenvalue weighted by Crippen LogP contribution is -2.52. The van der Waals surface area contributed by atoms with Crippen LogP contribution in [0.25, 0.3) is 0 Å². The molecule has 0 aromatic carbocycles. The van der Waals surface area contributed by atoms with Crippen molar-refractivity contribution in [2.75, 3.05) is 7.05 Å². The molecule has 128 valence electrons. The second-order valence-corrected chi connectivity index (χ2v) is 7.14. The summed E-state index contributed by atoms with van der Waals surface area (Å²) in [6.45, 7) is 9.29. The molecular formula is C15H29N3O4. The van der Waals surface area contributed by atoms with Crippen molar-refractivity contribution >= 4 is 17.7 Å². The van der Waals surface area contributed by atoms with E-state index < -0.39 is 35.1 Å². The van der Waals surface area contributed by atoms with Crippen molar-refractivity contribution in [3.8, 4) is 0 Å². The number of carbonyl (C=O) groups excluding carboxylic acids is 3. The van der Waals surface area contributed by atoms with E-state index in [1.165, 1.54) is 12.5 Å². The van der Waals surface area contributed by atoms with Crippen LogP contribution in [-0.2, 0) is 14.4 Å². The molecule has 0 aromatic heterocycles. The largest absolute Gasteiger partial charge is 0.319 e. The molecular weight excluding hydrogens is 286 g/mol. The van der Waals surface area contributed by atoms with Crippen LogP contribution in [-0.4, -0.2) is 40.9 Å². The molecule has 22 heavy (non-hydrogen) atoms. The molecule has 0 fully saturated rings. The van der Waals surface area contributed by atoms with E-state index >= 15 is 0 Å². The summed E-state index contributed by atoms with van der Waals surface area (Å²) in [7, 11) is 1.38. The van der Waals surface area contributed by atoms with Crippen LogP contribution < -0.4 is 11.2 Å². The lowest BCUT2D eigenvalue weighted by Gasteiger charge is -2.31. The topological polar surface area (TPSA) is 113 Å². The molecule has 0 aromatic rings. The summed E-state index contributed by atoms with van der Waals surface area (Å²) < 4.78 is 0. The molecule has 7 nitrogen and oxygen atoms in total. The molecule has 0 aliphatic rings. The fraction of sp³-hybridized carbons (Fsp3) is 0.800. The highest BCUT2D eigenvalue weighted by atomic mass is 16.5. The Morgan fingerprint density at radius 1 is 1.18 bits per heavy atom. The van der Waals surface area contributed by atoms with E-state index in [4.69, 9.17) is 10.9 Å². The molecule has 4 N–H and O–H groups in total. The maximum Gasteiger partial charge on any atom is 0.246 e. The van der Waals surface area contributed by atoms with Crippen molar-refractivity contribution in [2.24, 2.45) is 23.0 Å². The Balaban J connectivity index is 5.12. The quantitative estimate of drug-likeness (QED) is 0.498. The van der Waals surface area contributed by atoms with Crippen molar-refractivity contribution in [1.82, 2.24) is 10.4 Å². The summed E-state index contributed by atoms with van der Waals surface area (Å²) in [6, 6.07) is -0.812. The van der Waals surface area contributed by atoms with Gasteiger partial charge in [-0.15, -0.1) is 0 Å². The van der Waals surface area contributed by atoms with E-state index in [1.54, 1.807) is 0 Å². The van der Waals surface area contributed by atoms with Crippen molar-refractivity contribution in [1.29, 1.82) is 0 Å². The van der Waals surface area contributed by atoms with Crippen molar-refractivity contribution in [3.63, 3.8) is 0 Å². The normalized spacial score (nSPS) is 14.4. The molecule has 0 spiro atoms. The Morgan fingerprint density at radius 2 is 1.68 bits per heavy atom. The Bertz CT molecular complexity index is 416. The first-order valence-electron chi connectivity index (χ1n) is 7.41. The lowest BCUT2D eigenvalue weighted by molar-refractivity contribution is -0.150. The van der Waals surface area contributed by atoms with Gasteiger partial charge in [0.05, 0.1) is 6.04 Å². The zero-order valence-corrected chi connectivity index (χ0v) is 14.3. The second kappa shape index (κ2) is 8.24. The first-order chi connectivity index (χ1) is 9.91. The van der Waals surface area contributed by atoms with Gasteiger partial charge >= 0.3 is 0 Å². The zero-order chi connectivity index (χ0) is 17.7. The number of likely N-dealkylation sites (N-methyl/N-ethyl adjacent to an activating group) is 1. The van der Waals surface area contributed by atoms with Crippen LogP contribution in [0.1, 0.15) is 47.5 Å². The number of nitrogens with two attached hydrogens (primary N) is 1. The molecule has 0 saturated carbocycles. The third-order valence-electron chi connectivity index (χ3n) is 3.52. The van der Waals surface area contributed by atoms with E-state index in [2.05, 4.69) is 0 Å². The first kappa shape index (κ1) is 20.5. The number of carbonyl (C=O) groups is 3. The average Bonchev–Trinajstić information content (AvgIpc) is 2.41. The van der Waals surface area contributed by atoms with Crippen LogP contribution in [0.4, 0.5) is 0 Å². The Kier molecular flexibility index (Phi) is 7.69. The monoisotopic (exact) mass is 315 g/mol. The van der Waals surface area contributed by atoms with E-state index in [-0.39, 0.29) is 12.3 Å². The molecule has 0 aliphatic carbocycles. The Hall–Kier alpha value is -1.47. The van der Waals surface area contributed by atoms with Gasteiger partial charge < -0.3 is 5.73 Å². The number of imide groups is 1. The highest BCUT2D eigenvalue weighted by molar-refractivity contribution is 5.99. The zero-order valence-electron chi connectivity index (χ0n) is 14.3. The molecule has 0 heterocycles. The summed E-state index contributed by atoms with van der Waals surface area (Å²) in [4.78, 5) is 37.1. The van der Waals surface area contributed by atoms with Gasteiger partial charge in [-0.05, 0) is 17.8 Å². The van der Waals surface area contributed by atoms with Gasteiger partial charge in [-0.2, -0.15) is 0 Å². The second-order valence-electron chi connectivity index (χ2n) is 7.14. The number of hydrogen-bond donors (Lipinski definition) is 3. The van der Waals surface area contributed by atoms with Crippen molar-refractivity contribution < 1.29 is 19.6 Å². The minimum Gasteiger partial charge on any atom is -0.319 e. The fourth-order valence-electron chi connectivity index (χ4n) is 2.07. The lowest BCUT2D eigenvalue weighted by atomic mass is 9.86. The van der Waals surface area contributed by atoms with Gasteiger partial charge in [0.15, 0.2) is 0 Å². The van der Waals surface area contributed by atoms with E-state index in [0.29, 0.717) is 6.42 Å². The van der Waals surface area contributed by atoms with Crippen molar-refractivity contribution in [2.45, 2.75) is 53.5 Å². The number of rotatable bonds is 6. The van der Waals surface area contributed by atoms with Crippen LogP contribution in [0.2, 0.25) is 0 Å². The maximum absolute atomic E-state index is 12.5. The molecule has 7 heteroatoms. The van der Waals surface area contributed by atoms with Crippen LogP contribution >= 0.6 is 0 Å². The summed E-state index contributed by atoms with van der Waals surface area (Å²) in [5.74, 6) is -2.09. The number of hydrogen-bond acceptors (Lipinski definition) is 5. The number of nitrogens with one attached hydrogen (secondary N) is 1. The Labute approximate surface area is 132 Å². The van der Waals surface area contributed by atoms with Crippen LogP contribution in [0.3, 0.4) is 0 Å². The number of amides is 3. The van der Waals surface area contributed by atoms with Gasteiger partial charge in [0.25, 0.3) is 0 Å². The standard InChI is InChI=1S/C15H29N3O4/c1-9(2)7-10(8-11(19)17-22)13(20)18(6)14(21)12(16)15(3,4)5/h9-10,12,22H,7-8,16H2,1-6H3,(H,17,19)/t10-,12-/m1/s1. The predicted molar refractivity (Wildman–Crippen MR) is 82.7 cm³/mol. The van der Waals surface area contributed by atoms with E-state index in [1.807, 2.05) is 34.6 Å². The third kappa shape index (κ3) is 6.11. The fourth-order valence-corrected chi connectivity index (χ4v) is 2.07. The molecule has 0 aliphatic heterocycles. The molecule has 0 saturated heterocycles. The summed E-state index contributed by atoms with van der Waals surface area (Å²) in [5.41, 5.74) is 6.95. The summed E-state index contributed by atoms with van der Waals surface area (Å²) in [5, 5.41) is 8.63. The SMILES string of the molecule is CC(C)C[C@H](CC(=O)NO)C(=O)N(C)C(=O)[C@@H](N)C(C)(C)C. The van der Waals surface area contributed by atoms with Crippen LogP contribution in [0, 0.1) is 17.3 Å². The molecule has 0 bridgehead atoms. The molecule has 0 rings (SSSR count). The summed E-state index contributed by atoms with van der Waals surface area (Å²) in [6.07, 6.45) is 0.268. The molecule has 0 unspecified atom stereocenters. The van der Waals surface area contributed by atoms with Gasteiger partial charge in [-0.1, -0.05) is 34.6 Å². The minimum absolute atomic E-state index is 0.167. The van der Waals surface area contributed by atoms with Gasteiger partial charge in [0.2, 0.25) is 17.7 Å². The highest BCUT2D eigenvalue weighted by Crippen LogP contribution is 2.22. The smallest absolute Gasteiger partial charge is 0.246 e. The van der Waals surface area contributed by atoms with E-state index in [9.17, 15) is 14.4 Å². The average molecular weight is 315 g/mol. The first-order valence-corrected chi connectivity index (χ1v) is 7.41. The molecule has 3 amide bonds. The molecule has 2 atom stereocenters. The van der Waals surface area contributed by atoms with Gasteiger partial charge in [0, 0.05) is 19.4 Å². The van der Waals surface area contributed by atoms with Crippen molar-refractivity contribution in [3.05, 3.63) is 0 Å². The maximum atomic E-state index is 12.5. The highest BCUT2D eigenvalue weighted by Gasteiger charge is 2.35. The minimum atomic E-state index is -0.812. The predicted octanol–water partition coefficient (Wildman–Crippen LogP) is 0.903. The van der Waals surface area contributed by atoms with Gasteiger partial charge in [-0.3, -0.25) is 24.5 Å². The Morgan fingerprint density at radius 3 is 2.05 bits per heavy atom. The third-order valence-corrected chi connectivity index (χ3v) is 3.52. The van der Waals surface area contributed by atoms with Crippen LogP contribution in [0.15, 0.2) is 0 Å². The van der Waals surface area contributed by atoms with Gasteiger partial charge in [0.1, 0.15) is 0 Å². The van der Waals surface area contributed by atoms with E-state index in [0.717, 1.165) is 4.90 Å². The number of nitrogens with zero attached hydrogens (tertiary/aromatic N) is 1.